The zero-order chi connectivity index (χ0) is 18.3. The first-order valence-electron chi connectivity index (χ1n) is 7.94. The summed E-state index contributed by atoms with van der Waals surface area (Å²) in [5.74, 6) is 0. The Bertz CT molecular complexity index is 739. The number of nitrogens with zero attached hydrogens (tertiary/aromatic N) is 3. The van der Waals surface area contributed by atoms with Crippen molar-refractivity contribution in [3.05, 3.63) is 34.4 Å². The molecule has 134 valence electrons. The standard InChI is InChI=1S/C15H25N3O4SSi/c1-15(2,3)24(4,5)18(16-10-7-11-16)23(21,22)14-9-6-8-13(12-14)17(19)20/h6,8-9,12H,7,10-11H2,1-5H3. The molecular formula is C15H25N3O4SSi. The first kappa shape index (κ1) is 19.0. The van der Waals surface area contributed by atoms with E-state index in [0.29, 0.717) is 13.1 Å². The number of nitro benzene ring substituents is 1. The Morgan fingerprint density at radius 1 is 1.25 bits per heavy atom. The fourth-order valence-electron chi connectivity index (χ4n) is 2.43. The zero-order valence-corrected chi connectivity index (χ0v) is 16.6. The second kappa shape index (κ2) is 6.21. The summed E-state index contributed by atoms with van der Waals surface area (Å²) < 4.78 is 28.2. The topological polar surface area (TPSA) is 83.8 Å². The van der Waals surface area contributed by atoms with Gasteiger partial charge in [-0.3, -0.25) is 10.1 Å². The van der Waals surface area contributed by atoms with E-state index < -0.39 is 23.2 Å². The first-order chi connectivity index (χ1) is 10.9. The largest absolute Gasteiger partial charge is 0.270 e. The summed E-state index contributed by atoms with van der Waals surface area (Å²) in [6.45, 7) is 11.6. The van der Waals surface area contributed by atoms with Crippen LogP contribution in [0.2, 0.25) is 18.1 Å². The second-order valence-corrected chi connectivity index (χ2v) is 14.8. The smallest absolute Gasteiger partial charge is 0.258 e. The molecule has 1 saturated heterocycles. The van der Waals surface area contributed by atoms with Gasteiger partial charge in [-0.05, 0) is 17.5 Å². The summed E-state index contributed by atoms with van der Waals surface area (Å²) >= 11 is 0. The average Bonchev–Trinajstić information content (AvgIpc) is 2.41. The monoisotopic (exact) mass is 371 g/mol. The molecule has 0 aliphatic carbocycles. The van der Waals surface area contributed by atoms with E-state index in [1.807, 2.05) is 18.1 Å². The third-order valence-electron chi connectivity index (χ3n) is 4.96. The van der Waals surface area contributed by atoms with E-state index in [1.54, 1.807) is 4.08 Å². The van der Waals surface area contributed by atoms with E-state index in [9.17, 15) is 18.5 Å². The Hall–Kier alpha value is -1.29. The minimum atomic E-state index is -3.84. The van der Waals surface area contributed by atoms with Gasteiger partial charge in [0.2, 0.25) is 10.0 Å². The van der Waals surface area contributed by atoms with Gasteiger partial charge in [0.25, 0.3) is 5.69 Å². The van der Waals surface area contributed by atoms with Crippen molar-refractivity contribution in [3.8, 4) is 0 Å². The number of hydrazine groups is 1. The fraction of sp³-hybridized carbons (Fsp3) is 0.600. The summed E-state index contributed by atoms with van der Waals surface area (Å²) in [5, 5.41) is 12.7. The lowest BCUT2D eigenvalue weighted by Gasteiger charge is -2.52. The maximum Gasteiger partial charge on any atom is 0.270 e. The van der Waals surface area contributed by atoms with Gasteiger partial charge in [-0.25, -0.2) is 13.4 Å². The lowest BCUT2D eigenvalue weighted by atomic mass is 10.2. The third kappa shape index (κ3) is 3.25. The van der Waals surface area contributed by atoms with Crippen molar-refractivity contribution >= 4 is 23.9 Å². The lowest BCUT2D eigenvalue weighted by molar-refractivity contribution is -0.385. The molecule has 0 saturated carbocycles. The third-order valence-corrected chi connectivity index (χ3v) is 13.5. The zero-order valence-electron chi connectivity index (χ0n) is 14.8. The highest BCUT2D eigenvalue weighted by atomic mass is 32.2. The van der Waals surface area contributed by atoms with E-state index in [-0.39, 0.29) is 15.6 Å². The Labute approximate surface area is 144 Å². The van der Waals surface area contributed by atoms with E-state index in [0.717, 1.165) is 12.5 Å². The molecule has 0 spiro atoms. The SMILES string of the molecule is CC(C)(C)[Si](C)(C)N(N1CCC1)S(=O)(=O)c1cccc([N+](=O)[O-])c1. The number of nitro groups is 1. The fourth-order valence-corrected chi connectivity index (χ4v) is 8.64. The molecule has 1 aliphatic heterocycles. The number of non-ortho nitro benzene ring substituents is 1. The van der Waals surface area contributed by atoms with Crippen molar-refractivity contribution in [1.29, 1.82) is 0 Å². The van der Waals surface area contributed by atoms with Crippen LogP contribution in [0.1, 0.15) is 27.2 Å². The van der Waals surface area contributed by atoms with E-state index >= 15 is 0 Å². The number of rotatable bonds is 5. The van der Waals surface area contributed by atoms with Crippen molar-refractivity contribution in [2.24, 2.45) is 0 Å². The molecule has 0 unspecified atom stereocenters. The molecule has 0 N–H and O–H groups in total. The maximum absolute atomic E-state index is 13.3. The van der Waals surface area contributed by atoms with Gasteiger partial charge >= 0.3 is 0 Å². The van der Waals surface area contributed by atoms with E-state index in [2.05, 4.69) is 20.8 Å². The summed E-state index contributed by atoms with van der Waals surface area (Å²) in [6.07, 6.45) is 0.954. The predicted octanol–water partition coefficient (Wildman–Crippen LogP) is 3.21. The highest BCUT2D eigenvalue weighted by Crippen LogP contribution is 2.42. The van der Waals surface area contributed by atoms with Crippen LogP contribution >= 0.6 is 0 Å². The van der Waals surface area contributed by atoms with Crippen LogP contribution in [0.4, 0.5) is 5.69 Å². The van der Waals surface area contributed by atoms with Gasteiger partial charge in [-0.2, -0.15) is 4.08 Å². The number of sulfonamides is 1. The molecule has 1 aromatic rings. The number of hydrogen-bond acceptors (Lipinski definition) is 5. The molecule has 0 aromatic heterocycles. The normalized spacial score (nSPS) is 16.9. The van der Waals surface area contributed by atoms with Crippen LogP contribution < -0.4 is 0 Å². The molecule has 9 heteroatoms. The molecule has 0 atom stereocenters. The van der Waals surface area contributed by atoms with E-state index in [1.165, 1.54) is 18.2 Å². The molecule has 0 bridgehead atoms. The molecule has 0 amide bonds. The van der Waals surface area contributed by atoms with Crippen LogP contribution in [-0.2, 0) is 10.0 Å². The predicted molar refractivity (Wildman–Crippen MR) is 95.5 cm³/mol. The molecule has 2 rings (SSSR count). The van der Waals surface area contributed by atoms with Gasteiger partial charge in [-0.15, -0.1) is 0 Å². The summed E-state index contributed by atoms with van der Waals surface area (Å²) in [6, 6.07) is 5.31. The van der Waals surface area contributed by atoms with Crippen molar-refractivity contribution in [1.82, 2.24) is 9.09 Å². The Kier molecular flexibility index (Phi) is 4.93. The molecule has 0 radical (unpaired) electrons. The van der Waals surface area contributed by atoms with Crippen LogP contribution in [0.5, 0.6) is 0 Å². The molecule has 1 heterocycles. The van der Waals surface area contributed by atoms with Gasteiger partial charge < -0.3 is 0 Å². The Morgan fingerprint density at radius 3 is 2.25 bits per heavy atom. The van der Waals surface area contributed by atoms with Crippen LogP contribution in [0.15, 0.2) is 29.2 Å². The molecule has 1 aliphatic rings. The minimum Gasteiger partial charge on any atom is -0.258 e. The molecular weight excluding hydrogens is 346 g/mol. The Morgan fingerprint density at radius 2 is 1.83 bits per heavy atom. The Balaban J connectivity index is 2.57. The first-order valence-corrected chi connectivity index (χ1v) is 12.3. The van der Waals surface area contributed by atoms with Gasteiger partial charge in [0, 0.05) is 25.2 Å². The molecule has 1 fully saturated rings. The molecule has 7 nitrogen and oxygen atoms in total. The maximum atomic E-state index is 13.3. The van der Waals surface area contributed by atoms with E-state index in [4.69, 9.17) is 0 Å². The van der Waals surface area contributed by atoms with Gasteiger partial charge in [0.15, 0.2) is 8.24 Å². The van der Waals surface area contributed by atoms with Crippen molar-refractivity contribution in [2.45, 2.75) is 50.2 Å². The van der Waals surface area contributed by atoms with Crippen LogP contribution in [-0.4, -0.2) is 43.8 Å². The van der Waals surface area contributed by atoms with Crippen molar-refractivity contribution in [2.75, 3.05) is 13.1 Å². The highest BCUT2D eigenvalue weighted by Gasteiger charge is 2.51. The van der Waals surface area contributed by atoms with Crippen LogP contribution in [0, 0.1) is 10.1 Å². The van der Waals surface area contributed by atoms with Crippen LogP contribution in [0.25, 0.3) is 0 Å². The number of hydrogen-bond donors (Lipinski definition) is 0. The number of benzene rings is 1. The lowest BCUT2D eigenvalue weighted by Crippen LogP contribution is -2.66. The van der Waals surface area contributed by atoms with Gasteiger partial charge in [0.1, 0.15) is 0 Å². The molecule has 1 aromatic carbocycles. The van der Waals surface area contributed by atoms with Crippen molar-refractivity contribution < 1.29 is 13.3 Å². The van der Waals surface area contributed by atoms with Gasteiger partial charge in [-0.1, -0.05) is 39.9 Å². The average molecular weight is 372 g/mol. The summed E-state index contributed by atoms with van der Waals surface area (Å²) in [4.78, 5) is 10.4. The highest BCUT2D eigenvalue weighted by molar-refractivity contribution is 7.90. The van der Waals surface area contributed by atoms with Gasteiger partial charge in [0.05, 0.1) is 9.82 Å². The summed E-state index contributed by atoms with van der Waals surface area (Å²) in [7, 11) is -6.27. The minimum absolute atomic E-state index is 0.0200. The quantitative estimate of drug-likeness (QED) is 0.451. The summed E-state index contributed by atoms with van der Waals surface area (Å²) in [5.41, 5.74) is -0.213. The van der Waals surface area contributed by atoms with Crippen molar-refractivity contribution in [3.63, 3.8) is 0 Å². The molecule has 24 heavy (non-hydrogen) atoms. The second-order valence-electron chi connectivity index (χ2n) is 7.62. The van der Waals surface area contributed by atoms with Crippen LogP contribution in [0.3, 0.4) is 0 Å².